The summed E-state index contributed by atoms with van der Waals surface area (Å²) in [6.45, 7) is 20.1. The van der Waals surface area contributed by atoms with Crippen LogP contribution in [0.4, 0.5) is 0 Å². The number of aromatic nitrogens is 3. The van der Waals surface area contributed by atoms with Crippen molar-refractivity contribution in [3.63, 3.8) is 0 Å². The molecule has 2 N–H and O–H groups in total. The van der Waals surface area contributed by atoms with Gasteiger partial charge in [0.15, 0.2) is 50.8 Å². The quantitative estimate of drug-likeness (QED) is 0.128. The summed E-state index contributed by atoms with van der Waals surface area (Å²) in [5.74, 6) is 2.16. The molecular formula is C58H55N3O14. The van der Waals surface area contributed by atoms with Crippen molar-refractivity contribution in [3.05, 3.63) is 174 Å². The monoisotopic (exact) mass is 1020 g/mol. The second-order valence-corrected chi connectivity index (χ2v) is 19.6. The first-order valence-corrected chi connectivity index (χ1v) is 24.5. The van der Waals surface area contributed by atoms with E-state index in [0.717, 1.165) is 80.1 Å². The molecule has 17 nitrogen and oxygen atoms in total. The van der Waals surface area contributed by atoms with Crippen molar-refractivity contribution in [1.29, 1.82) is 0 Å². The number of hydrogen-bond donors (Lipinski definition) is 2. The summed E-state index contributed by atoms with van der Waals surface area (Å²) in [5.41, 5.74) is 10.1. The fraction of sp³-hybridized carbons (Fsp3) is 0.293. The maximum absolute atomic E-state index is 12.4. The van der Waals surface area contributed by atoms with Gasteiger partial charge >= 0.3 is 11.9 Å². The lowest BCUT2D eigenvalue weighted by molar-refractivity contribution is 0.0597. The van der Waals surface area contributed by atoms with Crippen LogP contribution in [-0.4, -0.2) is 82.6 Å². The van der Waals surface area contributed by atoms with Gasteiger partial charge < -0.3 is 57.1 Å². The third-order valence-corrected chi connectivity index (χ3v) is 14.0. The Hall–Kier alpha value is -8.57. The molecular weight excluding hydrogens is 963 g/mol. The summed E-state index contributed by atoms with van der Waals surface area (Å²) in [6, 6.07) is 16.4. The number of carbonyl (C=O) groups is 2. The van der Waals surface area contributed by atoms with Gasteiger partial charge in [-0.25, -0.2) is 9.59 Å². The minimum atomic E-state index is -1.21. The van der Waals surface area contributed by atoms with Gasteiger partial charge in [-0.15, -0.1) is 0 Å². The molecule has 0 fully saturated rings. The standard InChI is InChI=1S/C20H19NO5.C19H17NO5.C19H19NO4/c1-11-9-25-18-5-13-4-12(2)21-8-15(20(23)24-3)17(22)7-16(21)14(13)6-19(18)26-10-11;1-10-8-24-17-4-12-3-11(2)20-7-14(19(22)23)16(21)6-15(20)13(12)5-18(17)25-9-10;1-11-9-23-18-4-13-3-12(2)20-7-14(8-21)17(22)6-16(20)15(13)5-19(18)24-10-11/h5-8,12H,1,4,9-10H2,2-3H3;4-7,11H,1,3,8-9H2,2H3,(H,22,23);4-7,12,21H,1,3,8-10H2,2H3. The van der Waals surface area contributed by atoms with Crippen molar-refractivity contribution in [3.8, 4) is 68.3 Å². The van der Waals surface area contributed by atoms with Gasteiger partial charge in [-0.3, -0.25) is 14.4 Å². The highest BCUT2D eigenvalue weighted by Crippen LogP contribution is 2.45. The first-order valence-electron chi connectivity index (χ1n) is 24.5. The van der Waals surface area contributed by atoms with Gasteiger partial charge in [-0.1, -0.05) is 19.7 Å². The van der Waals surface area contributed by atoms with Crippen LogP contribution in [0.3, 0.4) is 0 Å². The minimum absolute atomic E-state index is 0.0286. The Kier molecular flexibility index (Phi) is 13.4. The lowest BCUT2D eigenvalue weighted by atomic mass is 9.92. The van der Waals surface area contributed by atoms with Crippen molar-refractivity contribution in [2.45, 2.75) is 64.8 Å². The number of methoxy groups -OCH3 is 1. The van der Waals surface area contributed by atoms with Crippen LogP contribution < -0.4 is 44.7 Å². The van der Waals surface area contributed by atoms with Crippen LogP contribution in [0, 0.1) is 0 Å². The molecule has 17 heteroatoms. The van der Waals surface area contributed by atoms with Gasteiger partial charge in [0, 0.05) is 77.2 Å². The number of pyridine rings is 3. The zero-order valence-electron chi connectivity index (χ0n) is 42.0. The van der Waals surface area contributed by atoms with Crippen LogP contribution in [0.2, 0.25) is 0 Å². The molecule has 9 heterocycles. The third kappa shape index (κ3) is 9.62. The van der Waals surface area contributed by atoms with E-state index in [-0.39, 0.29) is 46.7 Å². The molecule has 0 bridgehead atoms. The van der Waals surface area contributed by atoms with Crippen LogP contribution in [0.5, 0.6) is 34.5 Å². The molecule has 3 atom stereocenters. The molecule has 0 aliphatic carbocycles. The SMILES string of the molecule is C=C1COc2cc3c(cc2OC1)-c1cc(=O)c(C(=O)O)cn1C(C)C3.C=C1COc2cc3c(cc2OC1)-c1cc(=O)c(C(=O)OC)cn1C(C)C3.C=C1COc2cc3c(cc2OC1)-c1cc(=O)c(CO)cn1C(C)C3. The fourth-order valence-electron chi connectivity index (χ4n) is 10.1. The average Bonchev–Trinajstić information content (AvgIpc) is 3.78. The number of benzene rings is 3. The molecule has 0 spiro atoms. The molecule has 3 unspecified atom stereocenters. The Morgan fingerprint density at radius 3 is 1.19 bits per heavy atom. The van der Waals surface area contributed by atoms with E-state index in [9.17, 15) is 34.2 Å². The number of aliphatic hydroxyl groups excluding tert-OH is 1. The molecule has 6 aliphatic heterocycles. The summed E-state index contributed by atoms with van der Waals surface area (Å²) in [5, 5.41) is 18.6. The van der Waals surface area contributed by atoms with Gasteiger partial charge in [0.2, 0.25) is 0 Å². The molecule has 0 amide bonds. The number of rotatable bonds is 3. The third-order valence-electron chi connectivity index (χ3n) is 14.0. The van der Waals surface area contributed by atoms with E-state index in [0.29, 0.717) is 86.1 Å². The summed E-state index contributed by atoms with van der Waals surface area (Å²) in [6.07, 6.45) is 7.06. The Morgan fingerprint density at radius 2 is 0.840 bits per heavy atom. The predicted molar refractivity (Wildman–Crippen MR) is 278 cm³/mol. The zero-order chi connectivity index (χ0) is 53.0. The summed E-state index contributed by atoms with van der Waals surface area (Å²) in [4.78, 5) is 59.9. The number of fused-ring (bicyclic) bond motifs is 12. The number of nitrogens with zero attached hydrogens (tertiary/aromatic N) is 3. The highest BCUT2D eigenvalue weighted by atomic mass is 16.5. The Labute approximate surface area is 430 Å². The van der Waals surface area contributed by atoms with E-state index >= 15 is 0 Å². The summed E-state index contributed by atoms with van der Waals surface area (Å²) < 4.78 is 45.2. The topological polar surface area (TPSA) is 205 Å². The van der Waals surface area contributed by atoms with Crippen molar-refractivity contribution in [2.75, 3.05) is 46.8 Å². The molecule has 386 valence electrons. The maximum Gasteiger partial charge on any atom is 0.343 e. The van der Waals surface area contributed by atoms with Crippen LogP contribution in [-0.2, 0) is 30.6 Å². The van der Waals surface area contributed by atoms with Crippen molar-refractivity contribution in [2.24, 2.45) is 0 Å². The van der Waals surface area contributed by atoms with E-state index in [2.05, 4.69) is 31.2 Å². The van der Waals surface area contributed by atoms with Gasteiger partial charge in [0.1, 0.15) is 50.8 Å². The molecule has 0 saturated heterocycles. The smallest absolute Gasteiger partial charge is 0.343 e. The van der Waals surface area contributed by atoms with Gasteiger partial charge in [-0.05, 0) is 110 Å². The number of ether oxygens (including phenoxy) is 7. The molecule has 0 radical (unpaired) electrons. The average molecular weight is 1020 g/mol. The van der Waals surface area contributed by atoms with Gasteiger partial charge in [0.05, 0.1) is 30.8 Å². The second-order valence-electron chi connectivity index (χ2n) is 19.6. The highest BCUT2D eigenvalue weighted by molar-refractivity contribution is 5.90. The molecule has 12 rings (SSSR count). The van der Waals surface area contributed by atoms with Crippen LogP contribution in [0.25, 0.3) is 33.8 Å². The lowest BCUT2D eigenvalue weighted by Crippen LogP contribution is -2.24. The fourth-order valence-corrected chi connectivity index (χ4v) is 10.1. The molecule has 6 aromatic rings. The van der Waals surface area contributed by atoms with E-state index in [1.165, 1.54) is 25.4 Å². The lowest BCUT2D eigenvalue weighted by Gasteiger charge is -2.29. The molecule has 3 aromatic carbocycles. The van der Waals surface area contributed by atoms with E-state index in [1.54, 1.807) is 18.5 Å². The first-order chi connectivity index (χ1) is 36.0. The van der Waals surface area contributed by atoms with E-state index in [4.69, 9.17) is 33.2 Å². The largest absolute Gasteiger partial charge is 0.485 e. The van der Waals surface area contributed by atoms with Crippen molar-refractivity contribution < 1.29 is 53.0 Å². The van der Waals surface area contributed by atoms with E-state index in [1.807, 2.05) is 59.4 Å². The predicted octanol–water partition coefficient (Wildman–Crippen LogP) is 7.86. The number of carboxylic acids is 1. The number of hydrogen-bond acceptors (Lipinski definition) is 13. The number of carbonyl (C=O) groups excluding carboxylic acids is 1. The Balaban J connectivity index is 0.000000128. The van der Waals surface area contributed by atoms with Crippen LogP contribution in [0.15, 0.2) is 124 Å². The number of aromatic carboxylic acids is 1. The van der Waals surface area contributed by atoms with Crippen molar-refractivity contribution >= 4 is 11.9 Å². The normalized spacial score (nSPS) is 18.1. The maximum atomic E-state index is 12.4. The molecule has 0 saturated carbocycles. The zero-order valence-corrected chi connectivity index (χ0v) is 42.0. The Bertz CT molecular complexity index is 3600. The summed E-state index contributed by atoms with van der Waals surface area (Å²) in [7, 11) is 1.27. The number of aliphatic hydroxyl groups is 1. The number of carboxylic acid groups (broad SMARTS) is 1. The first kappa shape index (κ1) is 50.0. The molecule has 6 aliphatic rings. The van der Waals surface area contributed by atoms with Crippen molar-refractivity contribution in [1.82, 2.24) is 13.7 Å². The highest BCUT2D eigenvalue weighted by Gasteiger charge is 2.30. The number of esters is 1. The summed E-state index contributed by atoms with van der Waals surface area (Å²) >= 11 is 0. The molecule has 75 heavy (non-hydrogen) atoms. The van der Waals surface area contributed by atoms with Gasteiger partial charge in [0.25, 0.3) is 0 Å². The van der Waals surface area contributed by atoms with Gasteiger partial charge in [-0.2, -0.15) is 0 Å². The van der Waals surface area contributed by atoms with Crippen LogP contribution in [0.1, 0.15) is 81.9 Å². The van der Waals surface area contributed by atoms with E-state index < -0.39 is 17.4 Å². The second kappa shape index (κ2) is 20.0. The minimum Gasteiger partial charge on any atom is -0.485 e. The Morgan fingerprint density at radius 1 is 0.520 bits per heavy atom. The molecule has 3 aromatic heterocycles. The van der Waals surface area contributed by atoms with Crippen LogP contribution >= 0.6 is 0 Å².